The third kappa shape index (κ3) is 3.24. The first kappa shape index (κ1) is 14.1. The predicted molar refractivity (Wildman–Crippen MR) is 87.9 cm³/mol. The van der Waals surface area contributed by atoms with Crippen molar-refractivity contribution >= 4 is 11.5 Å². The summed E-state index contributed by atoms with van der Waals surface area (Å²) in [5, 5.41) is 3.49. The number of nitrogens with one attached hydrogen (secondary N) is 1. The second kappa shape index (κ2) is 6.27. The number of pyridine rings is 1. The van der Waals surface area contributed by atoms with Crippen LogP contribution in [0.2, 0.25) is 0 Å². The zero-order valence-corrected chi connectivity index (χ0v) is 12.8. The molecule has 0 saturated carbocycles. The largest absolute Gasteiger partial charge is 0.326 e. The van der Waals surface area contributed by atoms with Gasteiger partial charge >= 0.3 is 0 Å². The molecule has 0 atom stereocenters. The van der Waals surface area contributed by atoms with Crippen LogP contribution in [0.25, 0.3) is 0 Å². The normalized spacial score (nSPS) is 13.8. The van der Waals surface area contributed by atoms with Crippen LogP contribution < -0.4 is 10.2 Å². The highest BCUT2D eigenvalue weighted by molar-refractivity contribution is 5.67. The van der Waals surface area contributed by atoms with E-state index in [4.69, 9.17) is 0 Å². The Labute approximate surface area is 127 Å². The highest BCUT2D eigenvalue weighted by Gasteiger charge is 2.20. The monoisotopic (exact) mass is 281 g/mol. The molecule has 1 aromatic carbocycles. The van der Waals surface area contributed by atoms with E-state index >= 15 is 0 Å². The first-order chi connectivity index (χ1) is 10.2. The molecule has 110 valence electrons. The SMILES string of the molecule is CC(C)CNCc1ccnc(N2CCc3ccccc32)c1. The van der Waals surface area contributed by atoms with Crippen LogP contribution in [-0.2, 0) is 13.0 Å². The molecule has 0 saturated heterocycles. The molecule has 3 heteroatoms. The summed E-state index contributed by atoms with van der Waals surface area (Å²) in [5.74, 6) is 1.74. The number of para-hydroxylation sites is 1. The van der Waals surface area contributed by atoms with Gasteiger partial charge in [-0.05, 0) is 48.2 Å². The third-order valence-corrected chi connectivity index (χ3v) is 3.86. The summed E-state index contributed by atoms with van der Waals surface area (Å²) in [5.41, 5.74) is 4.02. The molecule has 0 spiro atoms. The van der Waals surface area contributed by atoms with Crippen molar-refractivity contribution in [3.63, 3.8) is 0 Å². The molecule has 0 bridgehead atoms. The minimum atomic E-state index is 0.678. The molecule has 0 aliphatic carbocycles. The Bertz CT molecular complexity index is 607. The molecule has 2 heterocycles. The molecule has 3 rings (SSSR count). The third-order valence-electron chi connectivity index (χ3n) is 3.86. The van der Waals surface area contributed by atoms with Gasteiger partial charge in [-0.1, -0.05) is 32.0 Å². The summed E-state index contributed by atoms with van der Waals surface area (Å²) < 4.78 is 0. The molecule has 0 radical (unpaired) electrons. The smallest absolute Gasteiger partial charge is 0.133 e. The van der Waals surface area contributed by atoms with E-state index in [0.29, 0.717) is 5.92 Å². The Morgan fingerprint density at radius 3 is 2.95 bits per heavy atom. The van der Waals surface area contributed by atoms with Gasteiger partial charge in [0.15, 0.2) is 0 Å². The van der Waals surface area contributed by atoms with Gasteiger partial charge in [0, 0.05) is 25.0 Å². The Balaban J connectivity index is 1.75. The summed E-state index contributed by atoms with van der Waals surface area (Å²) >= 11 is 0. The van der Waals surface area contributed by atoms with Crippen molar-refractivity contribution in [3.05, 3.63) is 53.7 Å². The number of nitrogens with zero attached hydrogens (tertiary/aromatic N) is 2. The molecular formula is C18H23N3. The number of hydrogen-bond donors (Lipinski definition) is 1. The van der Waals surface area contributed by atoms with Gasteiger partial charge in [-0.2, -0.15) is 0 Å². The molecule has 0 amide bonds. The lowest BCUT2D eigenvalue weighted by Gasteiger charge is -2.19. The van der Waals surface area contributed by atoms with Gasteiger partial charge in [0.2, 0.25) is 0 Å². The summed E-state index contributed by atoms with van der Waals surface area (Å²) in [6, 6.07) is 12.9. The lowest BCUT2D eigenvalue weighted by Crippen LogP contribution is -2.20. The number of aromatic nitrogens is 1. The van der Waals surface area contributed by atoms with Gasteiger partial charge in [-0.25, -0.2) is 4.98 Å². The van der Waals surface area contributed by atoms with Crippen LogP contribution >= 0.6 is 0 Å². The maximum atomic E-state index is 4.56. The fourth-order valence-corrected chi connectivity index (χ4v) is 2.80. The molecule has 3 nitrogen and oxygen atoms in total. The Morgan fingerprint density at radius 2 is 2.10 bits per heavy atom. The summed E-state index contributed by atoms with van der Waals surface area (Å²) in [7, 11) is 0. The minimum Gasteiger partial charge on any atom is -0.326 e. The fraction of sp³-hybridized carbons (Fsp3) is 0.389. The van der Waals surface area contributed by atoms with Crippen LogP contribution in [0.4, 0.5) is 11.5 Å². The molecule has 0 fully saturated rings. The molecule has 0 unspecified atom stereocenters. The first-order valence-electron chi connectivity index (χ1n) is 7.75. The number of hydrogen-bond acceptors (Lipinski definition) is 3. The average Bonchev–Trinajstić information content (AvgIpc) is 2.91. The van der Waals surface area contributed by atoms with Crippen molar-refractivity contribution in [3.8, 4) is 0 Å². The van der Waals surface area contributed by atoms with E-state index in [-0.39, 0.29) is 0 Å². The van der Waals surface area contributed by atoms with E-state index < -0.39 is 0 Å². The molecular weight excluding hydrogens is 258 g/mol. The maximum absolute atomic E-state index is 4.56. The van der Waals surface area contributed by atoms with Crippen molar-refractivity contribution in [1.82, 2.24) is 10.3 Å². The number of fused-ring (bicyclic) bond motifs is 1. The molecule has 1 N–H and O–H groups in total. The molecule has 1 aromatic heterocycles. The van der Waals surface area contributed by atoms with E-state index in [1.807, 2.05) is 6.20 Å². The predicted octanol–water partition coefficient (Wildman–Crippen LogP) is 3.52. The second-order valence-corrected chi connectivity index (χ2v) is 6.08. The summed E-state index contributed by atoms with van der Waals surface area (Å²) in [6.45, 7) is 7.43. The van der Waals surface area contributed by atoms with Crippen molar-refractivity contribution < 1.29 is 0 Å². The van der Waals surface area contributed by atoms with Gasteiger partial charge in [0.05, 0.1) is 0 Å². The van der Waals surface area contributed by atoms with E-state index in [0.717, 1.165) is 31.9 Å². The summed E-state index contributed by atoms with van der Waals surface area (Å²) in [6.07, 6.45) is 3.02. The van der Waals surface area contributed by atoms with Crippen molar-refractivity contribution in [2.24, 2.45) is 5.92 Å². The molecule has 2 aromatic rings. The Kier molecular flexibility index (Phi) is 4.20. The highest BCUT2D eigenvalue weighted by Crippen LogP contribution is 2.33. The fourth-order valence-electron chi connectivity index (χ4n) is 2.80. The number of anilines is 2. The maximum Gasteiger partial charge on any atom is 0.133 e. The lowest BCUT2D eigenvalue weighted by atomic mass is 10.2. The van der Waals surface area contributed by atoms with Crippen LogP contribution in [0, 0.1) is 5.92 Å². The zero-order chi connectivity index (χ0) is 14.7. The number of benzene rings is 1. The average molecular weight is 281 g/mol. The second-order valence-electron chi connectivity index (χ2n) is 6.08. The Morgan fingerprint density at radius 1 is 1.24 bits per heavy atom. The van der Waals surface area contributed by atoms with Crippen molar-refractivity contribution in [1.29, 1.82) is 0 Å². The van der Waals surface area contributed by atoms with Gasteiger partial charge in [0.25, 0.3) is 0 Å². The van der Waals surface area contributed by atoms with Gasteiger partial charge < -0.3 is 10.2 Å². The van der Waals surface area contributed by atoms with E-state index in [1.54, 1.807) is 0 Å². The lowest BCUT2D eigenvalue weighted by molar-refractivity contribution is 0.552. The van der Waals surface area contributed by atoms with Crippen LogP contribution in [0.5, 0.6) is 0 Å². The van der Waals surface area contributed by atoms with Crippen molar-refractivity contribution in [2.75, 3.05) is 18.0 Å². The summed E-state index contributed by atoms with van der Waals surface area (Å²) in [4.78, 5) is 6.88. The van der Waals surface area contributed by atoms with Gasteiger partial charge in [0.1, 0.15) is 5.82 Å². The molecule has 21 heavy (non-hydrogen) atoms. The van der Waals surface area contributed by atoms with Crippen LogP contribution in [0.3, 0.4) is 0 Å². The van der Waals surface area contributed by atoms with Gasteiger partial charge in [-0.3, -0.25) is 0 Å². The quantitative estimate of drug-likeness (QED) is 0.909. The standard InChI is InChI=1S/C18H23N3/c1-14(2)12-19-13-15-7-9-20-18(11-15)21-10-8-16-5-3-4-6-17(16)21/h3-7,9,11,14,19H,8,10,12-13H2,1-2H3. The zero-order valence-electron chi connectivity index (χ0n) is 12.8. The Hall–Kier alpha value is -1.87. The highest BCUT2D eigenvalue weighted by atomic mass is 15.2. The van der Waals surface area contributed by atoms with Crippen molar-refractivity contribution in [2.45, 2.75) is 26.8 Å². The van der Waals surface area contributed by atoms with Crippen LogP contribution in [-0.4, -0.2) is 18.1 Å². The topological polar surface area (TPSA) is 28.2 Å². The number of rotatable bonds is 5. The minimum absolute atomic E-state index is 0.678. The van der Waals surface area contributed by atoms with E-state index in [1.165, 1.54) is 16.8 Å². The van der Waals surface area contributed by atoms with E-state index in [9.17, 15) is 0 Å². The molecule has 1 aliphatic rings. The van der Waals surface area contributed by atoms with Crippen LogP contribution in [0.15, 0.2) is 42.6 Å². The van der Waals surface area contributed by atoms with E-state index in [2.05, 4.69) is 65.4 Å². The van der Waals surface area contributed by atoms with Crippen LogP contribution in [0.1, 0.15) is 25.0 Å². The van der Waals surface area contributed by atoms with Gasteiger partial charge in [-0.15, -0.1) is 0 Å². The molecule has 1 aliphatic heterocycles. The first-order valence-corrected chi connectivity index (χ1v) is 7.75.